The molecule has 4 nitrogen and oxygen atoms in total. The van der Waals surface area contributed by atoms with Crippen molar-refractivity contribution >= 4 is 5.82 Å². The summed E-state index contributed by atoms with van der Waals surface area (Å²) < 4.78 is 5.15. The van der Waals surface area contributed by atoms with Crippen LogP contribution in [0.15, 0.2) is 6.33 Å². The average Bonchev–Trinajstić information content (AvgIpc) is 3.10. The molecule has 1 aliphatic rings. The lowest BCUT2D eigenvalue weighted by Crippen LogP contribution is -2.06. The number of aromatic nitrogens is 2. The molecule has 4 heteroatoms. The summed E-state index contributed by atoms with van der Waals surface area (Å²) in [6, 6.07) is 0. The molecule has 0 spiro atoms. The van der Waals surface area contributed by atoms with Crippen LogP contribution < -0.4 is 10.1 Å². The van der Waals surface area contributed by atoms with E-state index in [9.17, 15) is 0 Å². The molecule has 0 atom stereocenters. The molecule has 16 heavy (non-hydrogen) atoms. The lowest BCUT2D eigenvalue weighted by molar-refractivity contribution is 0.393. The molecular weight excluding hydrogens is 202 g/mol. The third-order valence-electron chi connectivity index (χ3n) is 3.01. The highest BCUT2D eigenvalue weighted by Gasteiger charge is 2.20. The van der Waals surface area contributed by atoms with Gasteiger partial charge < -0.3 is 10.1 Å². The van der Waals surface area contributed by atoms with Gasteiger partial charge in [-0.15, -0.1) is 0 Å². The van der Waals surface area contributed by atoms with Crippen LogP contribution in [0.5, 0.6) is 5.88 Å². The first kappa shape index (κ1) is 11.2. The fraction of sp³-hybridized carbons (Fsp3) is 0.667. The van der Waals surface area contributed by atoms with Crippen LogP contribution in [-0.4, -0.2) is 23.6 Å². The molecule has 1 aromatic rings. The van der Waals surface area contributed by atoms with Crippen LogP contribution in [0.1, 0.15) is 31.2 Å². The summed E-state index contributed by atoms with van der Waals surface area (Å²) in [6.45, 7) is 2.96. The molecule has 1 aliphatic carbocycles. The Kier molecular flexibility index (Phi) is 3.59. The quantitative estimate of drug-likeness (QED) is 0.749. The van der Waals surface area contributed by atoms with Gasteiger partial charge in [0, 0.05) is 6.54 Å². The molecule has 0 radical (unpaired) electrons. The molecular formula is C12H19N3O. The maximum absolute atomic E-state index is 5.15. The van der Waals surface area contributed by atoms with Gasteiger partial charge in [0.1, 0.15) is 12.1 Å². The summed E-state index contributed by atoms with van der Waals surface area (Å²) in [5.74, 6) is 2.55. The number of rotatable bonds is 6. The van der Waals surface area contributed by atoms with Crippen LogP contribution in [0.25, 0.3) is 0 Å². The molecule has 0 bridgehead atoms. The monoisotopic (exact) mass is 221 g/mol. The summed E-state index contributed by atoms with van der Waals surface area (Å²) >= 11 is 0. The van der Waals surface area contributed by atoms with E-state index in [1.165, 1.54) is 32.0 Å². The SMILES string of the molecule is COc1ncnc(NCCCC2CC2)c1C. The Bertz CT molecular complexity index is 350. The average molecular weight is 221 g/mol. The van der Waals surface area contributed by atoms with E-state index >= 15 is 0 Å². The van der Waals surface area contributed by atoms with E-state index in [1.807, 2.05) is 6.92 Å². The second-order valence-electron chi connectivity index (χ2n) is 4.37. The van der Waals surface area contributed by atoms with E-state index in [2.05, 4.69) is 15.3 Å². The van der Waals surface area contributed by atoms with Crippen molar-refractivity contribution < 1.29 is 4.74 Å². The number of anilines is 1. The summed E-state index contributed by atoms with van der Waals surface area (Å²) in [4.78, 5) is 8.27. The van der Waals surface area contributed by atoms with E-state index in [1.54, 1.807) is 7.11 Å². The van der Waals surface area contributed by atoms with Crippen molar-refractivity contribution in [2.45, 2.75) is 32.6 Å². The molecule has 88 valence electrons. The molecule has 0 unspecified atom stereocenters. The van der Waals surface area contributed by atoms with Crippen LogP contribution in [0.3, 0.4) is 0 Å². The molecule has 1 fully saturated rings. The molecule has 1 heterocycles. The van der Waals surface area contributed by atoms with Gasteiger partial charge in [0.2, 0.25) is 5.88 Å². The maximum Gasteiger partial charge on any atom is 0.221 e. The van der Waals surface area contributed by atoms with Crippen LogP contribution in [0.4, 0.5) is 5.82 Å². The topological polar surface area (TPSA) is 47.0 Å². The van der Waals surface area contributed by atoms with E-state index in [0.29, 0.717) is 5.88 Å². The first-order chi connectivity index (χ1) is 7.81. The minimum atomic E-state index is 0.652. The summed E-state index contributed by atoms with van der Waals surface area (Å²) in [5.41, 5.74) is 0.983. The predicted molar refractivity (Wildman–Crippen MR) is 63.8 cm³/mol. The van der Waals surface area contributed by atoms with Crippen molar-refractivity contribution in [2.24, 2.45) is 5.92 Å². The van der Waals surface area contributed by atoms with E-state index < -0.39 is 0 Å². The number of nitrogens with zero attached hydrogens (tertiary/aromatic N) is 2. The van der Waals surface area contributed by atoms with Gasteiger partial charge in [-0.25, -0.2) is 9.97 Å². The summed E-state index contributed by atoms with van der Waals surface area (Å²) in [6.07, 6.45) is 6.96. The largest absolute Gasteiger partial charge is 0.481 e. The van der Waals surface area contributed by atoms with Crippen molar-refractivity contribution in [3.63, 3.8) is 0 Å². The molecule has 1 aromatic heterocycles. The Labute approximate surface area is 96.4 Å². The standard InChI is InChI=1S/C12H19N3O/c1-9-11(14-8-15-12(9)16-2)13-7-3-4-10-5-6-10/h8,10H,3-7H2,1-2H3,(H,13,14,15). The predicted octanol–water partition coefficient (Wildman–Crippen LogP) is 2.40. The van der Waals surface area contributed by atoms with Gasteiger partial charge in [-0.05, 0) is 25.7 Å². The van der Waals surface area contributed by atoms with E-state index in [0.717, 1.165) is 23.8 Å². The van der Waals surface area contributed by atoms with Crippen molar-refractivity contribution in [3.05, 3.63) is 11.9 Å². The van der Waals surface area contributed by atoms with Gasteiger partial charge in [-0.1, -0.05) is 12.8 Å². The summed E-state index contributed by atoms with van der Waals surface area (Å²) in [5, 5.41) is 3.34. The lowest BCUT2D eigenvalue weighted by atomic mass is 10.2. The van der Waals surface area contributed by atoms with Gasteiger partial charge >= 0.3 is 0 Å². The van der Waals surface area contributed by atoms with Crippen LogP contribution >= 0.6 is 0 Å². The first-order valence-electron chi connectivity index (χ1n) is 5.90. The van der Waals surface area contributed by atoms with Gasteiger partial charge in [-0.2, -0.15) is 0 Å². The fourth-order valence-corrected chi connectivity index (χ4v) is 1.82. The smallest absolute Gasteiger partial charge is 0.221 e. The third kappa shape index (κ3) is 2.84. The highest BCUT2D eigenvalue weighted by molar-refractivity contribution is 5.47. The molecule has 1 saturated carbocycles. The minimum absolute atomic E-state index is 0.652. The Morgan fingerprint density at radius 2 is 2.25 bits per heavy atom. The highest BCUT2D eigenvalue weighted by Crippen LogP contribution is 2.33. The Morgan fingerprint density at radius 1 is 1.44 bits per heavy atom. The zero-order valence-electron chi connectivity index (χ0n) is 9.99. The van der Waals surface area contributed by atoms with Crippen LogP contribution in [0, 0.1) is 12.8 Å². The number of ether oxygens (including phenoxy) is 1. The lowest BCUT2D eigenvalue weighted by Gasteiger charge is -2.09. The maximum atomic E-state index is 5.15. The second-order valence-corrected chi connectivity index (χ2v) is 4.37. The normalized spacial score (nSPS) is 14.9. The van der Waals surface area contributed by atoms with Gasteiger partial charge in [0.25, 0.3) is 0 Å². The molecule has 0 aromatic carbocycles. The van der Waals surface area contributed by atoms with E-state index in [4.69, 9.17) is 4.74 Å². The molecule has 0 aliphatic heterocycles. The summed E-state index contributed by atoms with van der Waals surface area (Å²) in [7, 11) is 1.63. The fourth-order valence-electron chi connectivity index (χ4n) is 1.82. The number of hydrogen-bond acceptors (Lipinski definition) is 4. The minimum Gasteiger partial charge on any atom is -0.481 e. The van der Waals surface area contributed by atoms with Gasteiger partial charge in [0.15, 0.2) is 0 Å². The second kappa shape index (κ2) is 5.14. The van der Waals surface area contributed by atoms with Gasteiger partial charge in [0.05, 0.1) is 12.7 Å². The van der Waals surface area contributed by atoms with Gasteiger partial charge in [-0.3, -0.25) is 0 Å². The Hall–Kier alpha value is -1.32. The van der Waals surface area contributed by atoms with Crippen LogP contribution in [0.2, 0.25) is 0 Å². The zero-order valence-corrected chi connectivity index (χ0v) is 9.99. The van der Waals surface area contributed by atoms with Crippen molar-refractivity contribution in [3.8, 4) is 5.88 Å². The number of nitrogens with one attached hydrogen (secondary N) is 1. The van der Waals surface area contributed by atoms with Crippen molar-refractivity contribution in [1.29, 1.82) is 0 Å². The molecule has 0 saturated heterocycles. The van der Waals surface area contributed by atoms with Crippen molar-refractivity contribution in [2.75, 3.05) is 19.0 Å². The Morgan fingerprint density at radius 3 is 2.94 bits per heavy atom. The number of methoxy groups -OCH3 is 1. The first-order valence-corrected chi connectivity index (χ1v) is 5.90. The third-order valence-corrected chi connectivity index (χ3v) is 3.01. The highest BCUT2D eigenvalue weighted by atomic mass is 16.5. The Balaban J connectivity index is 1.82. The van der Waals surface area contributed by atoms with Crippen molar-refractivity contribution in [1.82, 2.24) is 9.97 Å². The van der Waals surface area contributed by atoms with Crippen LogP contribution in [-0.2, 0) is 0 Å². The molecule has 2 rings (SSSR count). The molecule has 1 N–H and O–H groups in total. The van der Waals surface area contributed by atoms with E-state index in [-0.39, 0.29) is 0 Å². The molecule has 0 amide bonds. The zero-order chi connectivity index (χ0) is 11.4. The number of hydrogen-bond donors (Lipinski definition) is 1.